The van der Waals surface area contributed by atoms with Crippen molar-refractivity contribution >= 4 is 11.8 Å². The zero-order valence-electron chi connectivity index (χ0n) is 6.87. The molecule has 0 bridgehead atoms. The zero-order chi connectivity index (χ0) is 8.85. The van der Waals surface area contributed by atoms with Gasteiger partial charge in [0.1, 0.15) is 5.84 Å². The molecule has 2 N–H and O–H groups in total. The lowest BCUT2D eigenvalue weighted by atomic mass is 10.6. The maximum absolute atomic E-state index is 8.09. The first-order valence-corrected chi connectivity index (χ1v) is 3.02. The third-order valence-corrected chi connectivity index (χ3v) is 1.09. The van der Waals surface area contributed by atoms with E-state index in [1.807, 2.05) is 14.1 Å². The van der Waals surface area contributed by atoms with Gasteiger partial charge in [0.2, 0.25) is 12.2 Å². The molecule has 0 atom stereocenters. The predicted molar refractivity (Wildman–Crippen MR) is 44.0 cm³/mol. The van der Waals surface area contributed by atoms with Crippen molar-refractivity contribution in [2.45, 2.75) is 6.92 Å². The fraction of sp³-hybridized carbons (Fsp3) is 0.500. The molecule has 60 valence electrons. The van der Waals surface area contributed by atoms with Crippen molar-refractivity contribution in [2.24, 2.45) is 15.7 Å². The molecule has 0 spiro atoms. The van der Waals surface area contributed by atoms with Crippen molar-refractivity contribution in [2.75, 3.05) is 14.1 Å². The third kappa shape index (κ3) is 3.92. The molecule has 11 heavy (non-hydrogen) atoms. The fourth-order valence-corrected chi connectivity index (χ4v) is 0.342. The molecule has 0 heterocycles. The van der Waals surface area contributed by atoms with Gasteiger partial charge in [0.25, 0.3) is 0 Å². The second kappa shape index (κ2) is 4.28. The van der Waals surface area contributed by atoms with Crippen LogP contribution in [0.4, 0.5) is 0 Å². The van der Waals surface area contributed by atoms with Crippen LogP contribution in [0.2, 0.25) is 0 Å². The molecule has 0 aromatic carbocycles. The first-order chi connectivity index (χ1) is 5.07. The number of guanidine groups is 1. The largest absolute Gasteiger partial charge is 0.367 e. The van der Waals surface area contributed by atoms with Gasteiger partial charge in [-0.05, 0) is 6.92 Å². The predicted octanol–water partition coefficient (Wildman–Crippen LogP) is -0.238. The average Bonchev–Trinajstić information content (AvgIpc) is 1.87. The number of nitrogens with two attached hydrogens (primary N) is 1. The quantitative estimate of drug-likeness (QED) is 0.296. The van der Waals surface area contributed by atoms with E-state index in [9.17, 15) is 0 Å². The highest BCUT2D eigenvalue weighted by Crippen LogP contribution is 1.82. The highest BCUT2D eigenvalue weighted by molar-refractivity contribution is 5.94. The van der Waals surface area contributed by atoms with Gasteiger partial charge in [-0.3, -0.25) is 0 Å². The smallest absolute Gasteiger partial charge is 0.232 e. The van der Waals surface area contributed by atoms with Crippen LogP contribution in [-0.4, -0.2) is 30.8 Å². The van der Waals surface area contributed by atoms with Crippen LogP contribution in [0.3, 0.4) is 0 Å². The van der Waals surface area contributed by atoms with Crippen LogP contribution >= 0.6 is 0 Å². The molecule has 0 radical (unpaired) electrons. The minimum atomic E-state index is -0.0151. The molecule has 0 aromatic rings. The standard InChI is InChI=1S/C6H11N5/c1-5(11(2)3)10-6(8)9-4-7/h1-3H3,(H2,8,9)/b10-5+. The van der Waals surface area contributed by atoms with Crippen molar-refractivity contribution in [1.29, 1.82) is 5.26 Å². The molecule has 0 aliphatic heterocycles. The number of aliphatic imine (C=N–C) groups is 2. The first kappa shape index (κ1) is 9.43. The summed E-state index contributed by atoms with van der Waals surface area (Å²) >= 11 is 0. The average molecular weight is 153 g/mol. The maximum atomic E-state index is 8.09. The van der Waals surface area contributed by atoms with Gasteiger partial charge in [0, 0.05) is 14.1 Å². The van der Waals surface area contributed by atoms with E-state index in [-0.39, 0.29) is 5.96 Å². The number of hydrogen-bond acceptors (Lipinski definition) is 2. The van der Waals surface area contributed by atoms with E-state index in [0.29, 0.717) is 5.84 Å². The normalized spacial score (nSPS) is 12.5. The number of nitrogens with zero attached hydrogens (tertiary/aromatic N) is 4. The second-order valence-electron chi connectivity index (χ2n) is 2.12. The summed E-state index contributed by atoms with van der Waals surface area (Å²) in [5, 5.41) is 8.09. The summed E-state index contributed by atoms with van der Waals surface area (Å²) in [6.07, 6.45) is 1.55. The van der Waals surface area contributed by atoms with Gasteiger partial charge in [0.15, 0.2) is 0 Å². The molecule has 0 amide bonds. The van der Waals surface area contributed by atoms with Gasteiger partial charge >= 0.3 is 0 Å². The van der Waals surface area contributed by atoms with Gasteiger partial charge in [-0.1, -0.05) is 0 Å². The van der Waals surface area contributed by atoms with Crippen LogP contribution in [0.1, 0.15) is 6.92 Å². The summed E-state index contributed by atoms with van der Waals surface area (Å²) in [5.74, 6) is 0.695. The topological polar surface area (TPSA) is 77.8 Å². The van der Waals surface area contributed by atoms with Crippen molar-refractivity contribution < 1.29 is 0 Å². The third-order valence-electron chi connectivity index (χ3n) is 1.09. The van der Waals surface area contributed by atoms with Gasteiger partial charge < -0.3 is 10.6 Å². The lowest BCUT2D eigenvalue weighted by molar-refractivity contribution is 0.619. The number of nitriles is 1. The van der Waals surface area contributed by atoms with Crippen LogP contribution in [0, 0.1) is 11.5 Å². The van der Waals surface area contributed by atoms with Crippen LogP contribution in [0.25, 0.3) is 0 Å². The van der Waals surface area contributed by atoms with Crippen LogP contribution in [-0.2, 0) is 0 Å². The second-order valence-corrected chi connectivity index (χ2v) is 2.12. The van der Waals surface area contributed by atoms with E-state index < -0.39 is 0 Å². The highest BCUT2D eigenvalue weighted by Gasteiger charge is 1.93. The lowest BCUT2D eigenvalue weighted by Gasteiger charge is -2.09. The van der Waals surface area contributed by atoms with Gasteiger partial charge in [-0.2, -0.15) is 5.26 Å². The van der Waals surface area contributed by atoms with Crippen LogP contribution in [0.15, 0.2) is 9.98 Å². The van der Waals surface area contributed by atoms with Gasteiger partial charge in [-0.25, -0.2) is 4.99 Å². The van der Waals surface area contributed by atoms with Crippen molar-refractivity contribution in [3.63, 3.8) is 0 Å². The molecular weight excluding hydrogens is 142 g/mol. The van der Waals surface area contributed by atoms with Crippen LogP contribution < -0.4 is 5.73 Å². The molecule has 0 unspecified atom stereocenters. The lowest BCUT2D eigenvalue weighted by Crippen LogP contribution is -2.22. The molecular formula is C6H11N5. The van der Waals surface area contributed by atoms with Crippen molar-refractivity contribution in [3.05, 3.63) is 0 Å². The van der Waals surface area contributed by atoms with Crippen molar-refractivity contribution in [3.8, 4) is 6.19 Å². The highest BCUT2D eigenvalue weighted by atomic mass is 15.2. The summed E-state index contributed by atoms with van der Waals surface area (Å²) in [6.45, 7) is 1.78. The Bertz CT molecular complexity index is 220. The van der Waals surface area contributed by atoms with E-state index in [4.69, 9.17) is 11.0 Å². The molecule has 0 aliphatic rings. The number of amidine groups is 1. The van der Waals surface area contributed by atoms with E-state index in [2.05, 4.69) is 9.98 Å². The fourth-order valence-electron chi connectivity index (χ4n) is 0.342. The Morgan fingerprint density at radius 3 is 2.45 bits per heavy atom. The molecule has 5 nitrogen and oxygen atoms in total. The molecule has 0 aliphatic carbocycles. The summed E-state index contributed by atoms with van der Waals surface area (Å²) in [4.78, 5) is 8.82. The Kier molecular flexibility index (Phi) is 3.67. The maximum Gasteiger partial charge on any atom is 0.232 e. The van der Waals surface area contributed by atoms with Gasteiger partial charge in [-0.15, -0.1) is 4.99 Å². The van der Waals surface area contributed by atoms with E-state index in [1.165, 1.54) is 0 Å². The molecule has 0 saturated carbocycles. The Labute approximate surface area is 65.8 Å². The summed E-state index contributed by atoms with van der Waals surface area (Å²) in [7, 11) is 3.66. The summed E-state index contributed by atoms with van der Waals surface area (Å²) in [5.41, 5.74) is 5.24. The molecule has 0 rings (SSSR count). The molecule has 0 saturated heterocycles. The van der Waals surface area contributed by atoms with Gasteiger partial charge in [0.05, 0.1) is 0 Å². The molecule has 0 aromatic heterocycles. The minimum absolute atomic E-state index is 0.0151. The monoisotopic (exact) mass is 153 g/mol. The van der Waals surface area contributed by atoms with E-state index in [1.54, 1.807) is 18.0 Å². The Morgan fingerprint density at radius 2 is 2.09 bits per heavy atom. The molecule has 5 heteroatoms. The Morgan fingerprint density at radius 1 is 1.55 bits per heavy atom. The minimum Gasteiger partial charge on any atom is -0.367 e. The Hall–Kier alpha value is -1.57. The summed E-state index contributed by atoms with van der Waals surface area (Å²) < 4.78 is 0. The van der Waals surface area contributed by atoms with Crippen molar-refractivity contribution in [1.82, 2.24) is 4.90 Å². The number of hydrogen-bond donors (Lipinski definition) is 1. The number of rotatable bonds is 0. The first-order valence-electron chi connectivity index (χ1n) is 3.02. The zero-order valence-corrected chi connectivity index (χ0v) is 6.87. The van der Waals surface area contributed by atoms with E-state index >= 15 is 0 Å². The van der Waals surface area contributed by atoms with E-state index in [0.717, 1.165) is 0 Å². The Balaban J connectivity index is 4.34. The SMILES string of the molecule is C/C(=N\C(N)=NC#N)N(C)C. The van der Waals surface area contributed by atoms with Crippen LogP contribution in [0.5, 0.6) is 0 Å². The summed E-state index contributed by atoms with van der Waals surface area (Å²) in [6, 6.07) is 0. The molecule has 0 fully saturated rings.